The predicted octanol–water partition coefficient (Wildman–Crippen LogP) is 2.26. The van der Waals surface area contributed by atoms with Gasteiger partial charge in [0.2, 0.25) is 5.91 Å². The third-order valence-electron chi connectivity index (χ3n) is 4.67. The second-order valence-corrected chi connectivity index (χ2v) is 6.64. The lowest BCUT2D eigenvalue weighted by Gasteiger charge is -2.15. The van der Waals surface area contributed by atoms with Crippen LogP contribution < -0.4 is 21.9 Å². The Labute approximate surface area is 171 Å². The number of pyridine rings is 1. The van der Waals surface area contributed by atoms with Crippen LogP contribution in [0.25, 0.3) is 16.6 Å². The summed E-state index contributed by atoms with van der Waals surface area (Å²) in [5.74, 6) is 0.0612. The van der Waals surface area contributed by atoms with Crippen molar-refractivity contribution >= 4 is 34.5 Å². The maximum Gasteiger partial charge on any atom is 0.248 e. The van der Waals surface area contributed by atoms with Crippen molar-refractivity contribution in [2.45, 2.75) is 6.61 Å². The predicted molar refractivity (Wildman–Crippen MR) is 115 cm³/mol. The quantitative estimate of drug-likeness (QED) is 0.286. The number of amides is 1. The van der Waals surface area contributed by atoms with Crippen molar-refractivity contribution in [1.82, 2.24) is 14.8 Å². The maximum atomic E-state index is 11.5. The van der Waals surface area contributed by atoms with Gasteiger partial charge >= 0.3 is 0 Å². The maximum absolute atomic E-state index is 11.5. The number of primary amides is 1. The summed E-state index contributed by atoms with van der Waals surface area (Å²) >= 11 is 0. The van der Waals surface area contributed by atoms with Crippen LogP contribution >= 0.6 is 0 Å². The molecule has 0 aliphatic rings. The zero-order valence-corrected chi connectivity index (χ0v) is 15.9. The smallest absolute Gasteiger partial charge is 0.248 e. The molecule has 4 aromatic rings. The summed E-state index contributed by atoms with van der Waals surface area (Å²) in [6, 6.07) is 12.0. The van der Waals surface area contributed by atoms with Gasteiger partial charge in [0.1, 0.15) is 6.61 Å². The first-order chi connectivity index (χ1) is 14.5. The number of hydrogen-bond donors (Lipinski definition) is 4. The highest BCUT2D eigenvalue weighted by Crippen LogP contribution is 2.28. The molecule has 4 rings (SSSR count). The molecule has 0 radical (unpaired) electrons. The number of carbonyl (C=O) groups excluding carboxylic acids is 1. The van der Waals surface area contributed by atoms with Gasteiger partial charge in [-0.05, 0) is 42.5 Å². The van der Waals surface area contributed by atoms with E-state index in [2.05, 4.69) is 10.1 Å². The number of aromatic nitrogens is 3. The molecule has 2 heterocycles. The summed E-state index contributed by atoms with van der Waals surface area (Å²) in [6.07, 6.45) is 4.64. The van der Waals surface area contributed by atoms with E-state index in [0.29, 0.717) is 33.5 Å². The second kappa shape index (κ2) is 7.55. The van der Waals surface area contributed by atoms with Gasteiger partial charge in [0.05, 0.1) is 11.2 Å². The van der Waals surface area contributed by atoms with E-state index >= 15 is 0 Å². The zero-order valence-electron chi connectivity index (χ0n) is 15.9. The molecule has 150 valence electrons. The molecule has 7 N–H and O–H groups in total. The largest absolute Gasteiger partial charge is 0.485 e. The Kier molecular flexibility index (Phi) is 4.77. The summed E-state index contributed by atoms with van der Waals surface area (Å²) in [5, 5.41) is 12.5. The van der Waals surface area contributed by atoms with Crippen LogP contribution in [0.1, 0.15) is 21.5 Å². The first-order valence-corrected chi connectivity index (χ1v) is 9.02. The summed E-state index contributed by atoms with van der Waals surface area (Å²) in [4.78, 5) is 15.8. The number of hydrogen-bond acceptors (Lipinski definition) is 7. The van der Waals surface area contributed by atoms with Crippen LogP contribution in [0.3, 0.4) is 0 Å². The third-order valence-corrected chi connectivity index (χ3v) is 4.67. The first kappa shape index (κ1) is 18.9. The number of nitrogens with two attached hydrogens (primary N) is 3. The number of rotatable bonds is 6. The van der Waals surface area contributed by atoms with Gasteiger partial charge in [0.25, 0.3) is 0 Å². The fourth-order valence-electron chi connectivity index (χ4n) is 3.13. The fraction of sp³-hybridized carbons (Fsp3) is 0.0476. The van der Waals surface area contributed by atoms with Gasteiger partial charge in [-0.1, -0.05) is 0 Å². The lowest BCUT2D eigenvalue weighted by atomic mass is 10.1. The molecule has 2 aromatic carbocycles. The van der Waals surface area contributed by atoms with Crippen molar-refractivity contribution in [3.05, 3.63) is 71.5 Å². The average molecular weight is 401 g/mol. The minimum atomic E-state index is -0.526. The lowest BCUT2D eigenvalue weighted by Crippen LogP contribution is -2.10. The Bertz CT molecular complexity index is 1270. The van der Waals surface area contributed by atoms with Gasteiger partial charge in [-0.25, -0.2) is 9.67 Å². The molecular weight excluding hydrogens is 382 g/mol. The van der Waals surface area contributed by atoms with E-state index in [1.54, 1.807) is 59.5 Å². The Balaban J connectivity index is 1.70. The van der Waals surface area contributed by atoms with Gasteiger partial charge in [0, 0.05) is 46.4 Å². The van der Waals surface area contributed by atoms with Crippen LogP contribution in [0.2, 0.25) is 0 Å². The second-order valence-electron chi connectivity index (χ2n) is 6.64. The molecule has 0 saturated carbocycles. The van der Waals surface area contributed by atoms with Gasteiger partial charge < -0.3 is 27.3 Å². The number of anilines is 2. The van der Waals surface area contributed by atoms with Gasteiger partial charge in [-0.15, -0.1) is 0 Å². The van der Waals surface area contributed by atoms with Crippen LogP contribution in [0, 0.1) is 5.41 Å². The molecule has 30 heavy (non-hydrogen) atoms. The number of nitrogens with one attached hydrogen (secondary N) is 1. The van der Waals surface area contributed by atoms with Crippen LogP contribution in [-0.4, -0.2) is 26.9 Å². The average Bonchev–Trinajstić information content (AvgIpc) is 3.26. The van der Waals surface area contributed by atoms with Crippen LogP contribution in [0.15, 0.2) is 54.9 Å². The minimum absolute atomic E-state index is 0.143. The van der Waals surface area contributed by atoms with Crippen LogP contribution in [0.5, 0.6) is 5.75 Å². The molecule has 2 aromatic heterocycles. The Hall–Kier alpha value is -4.40. The Morgan fingerprint density at radius 1 is 1.20 bits per heavy atom. The normalized spacial score (nSPS) is 10.8. The molecule has 0 saturated heterocycles. The zero-order chi connectivity index (χ0) is 21.3. The van der Waals surface area contributed by atoms with Crippen molar-refractivity contribution in [3.63, 3.8) is 0 Å². The highest BCUT2D eigenvalue weighted by Gasteiger charge is 2.13. The van der Waals surface area contributed by atoms with E-state index in [1.807, 2.05) is 0 Å². The molecule has 0 bridgehead atoms. The first-order valence-electron chi connectivity index (χ1n) is 9.02. The van der Waals surface area contributed by atoms with Crippen molar-refractivity contribution in [3.8, 4) is 11.4 Å². The van der Waals surface area contributed by atoms with Crippen molar-refractivity contribution < 1.29 is 9.53 Å². The van der Waals surface area contributed by atoms with Crippen LogP contribution in [-0.2, 0) is 6.61 Å². The number of benzene rings is 2. The molecule has 9 heteroatoms. The van der Waals surface area contributed by atoms with E-state index in [4.69, 9.17) is 27.3 Å². The number of nitrogens with zero attached hydrogens (tertiary/aromatic N) is 3. The fourth-order valence-corrected chi connectivity index (χ4v) is 3.13. The molecule has 1 amide bonds. The molecule has 9 nitrogen and oxygen atoms in total. The highest BCUT2D eigenvalue weighted by atomic mass is 16.5. The minimum Gasteiger partial charge on any atom is -0.485 e. The summed E-state index contributed by atoms with van der Waals surface area (Å²) in [6.45, 7) is 0.143. The van der Waals surface area contributed by atoms with E-state index in [1.165, 1.54) is 6.21 Å². The van der Waals surface area contributed by atoms with E-state index in [-0.39, 0.29) is 12.4 Å². The monoisotopic (exact) mass is 401 g/mol. The van der Waals surface area contributed by atoms with Gasteiger partial charge in [0.15, 0.2) is 11.6 Å². The SMILES string of the molecule is N=Cc1cc(-n2cccn2)c(COc2cc3cc(C(N)=O)ccc3nc2N)cc1N. The number of fused-ring (bicyclic) bond motifs is 1. The molecule has 0 atom stereocenters. The topological polar surface area (TPSA) is 159 Å². The van der Waals surface area contributed by atoms with Crippen molar-refractivity contribution in [1.29, 1.82) is 5.41 Å². The molecular formula is C21H19N7O2. The lowest BCUT2D eigenvalue weighted by molar-refractivity contribution is 0.100. The highest BCUT2D eigenvalue weighted by molar-refractivity contribution is 5.97. The third kappa shape index (κ3) is 3.51. The summed E-state index contributed by atoms with van der Waals surface area (Å²) in [7, 11) is 0. The standard InChI is InChI=1S/C21H19N7O2/c22-10-14-8-18(28-5-1-4-26-28)15(7-16(14)23)11-30-19-9-13-6-12(21(25)29)2-3-17(13)27-20(19)24/h1-10,22H,11,23H2,(H2,24,27)(H2,25,29). The van der Waals surface area contributed by atoms with Crippen molar-refractivity contribution in [2.24, 2.45) is 5.73 Å². The molecule has 0 fully saturated rings. The number of carbonyl (C=O) groups is 1. The number of ether oxygens (including phenoxy) is 1. The summed E-state index contributed by atoms with van der Waals surface area (Å²) < 4.78 is 7.61. The molecule has 0 aliphatic heterocycles. The molecule has 0 unspecified atom stereocenters. The van der Waals surface area contributed by atoms with E-state index in [0.717, 1.165) is 11.3 Å². The number of nitrogen functional groups attached to an aromatic ring is 2. The van der Waals surface area contributed by atoms with Crippen molar-refractivity contribution in [2.75, 3.05) is 11.5 Å². The Morgan fingerprint density at radius 2 is 2.03 bits per heavy atom. The Morgan fingerprint density at radius 3 is 2.73 bits per heavy atom. The molecule has 0 spiro atoms. The van der Waals surface area contributed by atoms with E-state index < -0.39 is 5.91 Å². The molecule has 0 aliphatic carbocycles. The van der Waals surface area contributed by atoms with Crippen LogP contribution in [0.4, 0.5) is 11.5 Å². The van der Waals surface area contributed by atoms with E-state index in [9.17, 15) is 4.79 Å². The summed E-state index contributed by atoms with van der Waals surface area (Å²) in [5.41, 5.74) is 21.0. The van der Waals surface area contributed by atoms with Gasteiger partial charge in [-0.2, -0.15) is 5.10 Å². The van der Waals surface area contributed by atoms with Gasteiger partial charge in [-0.3, -0.25) is 4.79 Å².